The zero-order chi connectivity index (χ0) is 19.2. The van der Waals surface area contributed by atoms with E-state index in [9.17, 15) is 13.2 Å². The SMILES string of the molecule is FC(F)(F)c1cc(Cl)ccc1-n1nc(-c2ccc(Br)s2)c2c1NCCCC2. The van der Waals surface area contributed by atoms with Crippen LogP contribution in [-0.4, -0.2) is 16.3 Å². The molecule has 1 N–H and O–H groups in total. The second kappa shape index (κ2) is 7.14. The number of anilines is 1. The van der Waals surface area contributed by atoms with Gasteiger partial charge in [0.25, 0.3) is 0 Å². The lowest BCUT2D eigenvalue weighted by Gasteiger charge is -2.16. The molecule has 9 heteroatoms. The molecular formula is C18H14BrClF3N3S. The van der Waals surface area contributed by atoms with Crippen molar-refractivity contribution in [2.75, 3.05) is 11.9 Å². The van der Waals surface area contributed by atoms with E-state index in [-0.39, 0.29) is 10.7 Å². The van der Waals surface area contributed by atoms with Crippen molar-refractivity contribution >= 4 is 44.7 Å². The third-order valence-electron chi connectivity index (χ3n) is 4.43. The Labute approximate surface area is 171 Å². The van der Waals surface area contributed by atoms with Gasteiger partial charge in [-0.25, -0.2) is 4.68 Å². The van der Waals surface area contributed by atoms with Gasteiger partial charge in [-0.05, 0) is 65.5 Å². The summed E-state index contributed by atoms with van der Waals surface area (Å²) in [5.74, 6) is 0.625. The van der Waals surface area contributed by atoms with Crippen LogP contribution in [-0.2, 0) is 12.6 Å². The Balaban J connectivity index is 1.96. The van der Waals surface area contributed by atoms with Crippen molar-refractivity contribution in [3.8, 4) is 16.3 Å². The van der Waals surface area contributed by atoms with Crippen LogP contribution in [0.25, 0.3) is 16.3 Å². The van der Waals surface area contributed by atoms with Gasteiger partial charge in [0.1, 0.15) is 11.5 Å². The van der Waals surface area contributed by atoms with Crippen LogP contribution in [0.2, 0.25) is 5.02 Å². The van der Waals surface area contributed by atoms with Gasteiger partial charge in [0.2, 0.25) is 0 Å². The number of benzene rings is 1. The van der Waals surface area contributed by atoms with Crippen molar-refractivity contribution in [2.24, 2.45) is 0 Å². The molecule has 4 rings (SSSR count). The van der Waals surface area contributed by atoms with Gasteiger partial charge in [0.05, 0.1) is 19.9 Å². The second-order valence-corrected chi connectivity index (χ2v) is 9.13. The first kappa shape index (κ1) is 18.8. The quantitative estimate of drug-likeness (QED) is 0.442. The number of halogens is 5. The predicted octanol–water partition coefficient (Wildman–Crippen LogP) is 6.78. The number of thiophene rings is 1. The summed E-state index contributed by atoms with van der Waals surface area (Å²) in [6, 6.07) is 7.62. The molecule has 3 heterocycles. The van der Waals surface area contributed by atoms with Gasteiger partial charge in [-0.15, -0.1) is 11.3 Å². The number of aromatic nitrogens is 2. The minimum absolute atomic E-state index is 0.0283. The van der Waals surface area contributed by atoms with Crippen molar-refractivity contribution in [2.45, 2.75) is 25.4 Å². The standard InChI is InChI=1S/C18H14BrClF3N3S/c19-15-7-6-14(27-15)16-11-3-1-2-8-24-17(11)26(25-16)13-5-4-10(20)9-12(13)18(21,22)23/h4-7,9,24H,1-3,8H2. The molecule has 0 bridgehead atoms. The van der Waals surface area contributed by atoms with E-state index < -0.39 is 11.7 Å². The topological polar surface area (TPSA) is 29.9 Å². The normalized spacial score (nSPS) is 14.6. The molecule has 0 atom stereocenters. The maximum absolute atomic E-state index is 13.6. The summed E-state index contributed by atoms with van der Waals surface area (Å²) in [5, 5.41) is 7.91. The Hall–Kier alpha value is -1.51. The van der Waals surface area contributed by atoms with Crippen molar-refractivity contribution < 1.29 is 13.2 Å². The fourth-order valence-electron chi connectivity index (χ4n) is 3.24. The Kier molecular flexibility index (Phi) is 4.98. The van der Waals surface area contributed by atoms with Crippen LogP contribution in [0.4, 0.5) is 19.0 Å². The summed E-state index contributed by atoms with van der Waals surface area (Å²) >= 11 is 10.8. The molecule has 0 amide bonds. The molecular weight excluding hydrogens is 463 g/mol. The minimum Gasteiger partial charge on any atom is -0.370 e. The van der Waals surface area contributed by atoms with Crippen LogP contribution < -0.4 is 5.32 Å². The number of hydrogen-bond acceptors (Lipinski definition) is 3. The van der Waals surface area contributed by atoms with Crippen LogP contribution >= 0.6 is 38.9 Å². The Morgan fingerprint density at radius 2 is 2.00 bits per heavy atom. The van der Waals surface area contributed by atoms with Crippen LogP contribution in [0.5, 0.6) is 0 Å². The zero-order valence-corrected chi connectivity index (χ0v) is 17.1. The number of fused-ring (bicyclic) bond motifs is 1. The average Bonchev–Trinajstić information content (AvgIpc) is 3.09. The summed E-state index contributed by atoms with van der Waals surface area (Å²) in [6.45, 7) is 0.696. The smallest absolute Gasteiger partial charge is 0.370 e. The van der Waals surface area contributed by atoms with Gasteiger partial charge in [0, 0.05) is 17.1 Å². The Morgan fingerprint density at radius 1 is 1.19 bits per heavy atom. The first-order valence-corrected chi connectivity index (χ1v) is 10.3. The monoisotopic (exact) mass is 475 g/mol. The van der Waals surface area contributed by atoms with Crippen LogP contribution in [0.1, 0.15) is 24.0 Å². The number of hydrogen-bond donors (Lipinski definition) is 1. The van der Waals surface area contributed by atoms with E-state index >= 15 is 0 Å². The maximum Gasteiger partial charge on any atom is 0.418 e. The molecule has 27 heavy (non-hydrogen) atoms. The number of nitrogens with one attached hydrogen (secondary N) is 1. The molecule has 1 aliphatic heterocycles. The third kappa shape index (κ3) is 3.62. The zero-order valence-electron chi connectivity index (χ0n) is 13.9. The van der Waals surface area contributed by atoms with E-state index in [0.717, 1.165) is 45.2 Å². The lowest BCUT2D eigenvalue weighted by atomic mass is 10.1. The highest BCUT2D eigenvalue weighted by molar-refractivity contribution is 9.11. The van der Waals surface area contributed by atoms with Gasteiger partial charge in [-0.1, -0.05) is 11.6 Å². The third-order valence-corrected chi connectivity index (χ3v) is 6.29. The molecule has 142 valence electrons. The number of alkyl halides is 3. The van der Waals surface area contributed by atoms with Gasteiger partial charge < -0.3 is 5.32 Å². The summed E-state index contributed by atoms with van der Waals surface area (Å²) in [4.78, 5) is 0.920. The van der Waals surface area contributed by atoms with Crippen LogP contribution in [0, 0.1) is 0 Å². The number of nitrogens with zero attached hydrogens (tertiary/aromatic N) is 2. The lowest BCUT2D eigenvalue weighted by Crippen LogP contribution is -2.14. The van der Waals surface area contributed by atoms with E-state index in [4.69, 9.17) is 11.6 Å². The lowest BCUT2D eigenvalue weighted by molar-refractivity contribution is -0.137. The Morgan fingerprint density at radius 3 is 2.70 bits per heavy atom. The van der Waals surface area contributed by atoms with Gasteiger partial charge in [0.15, 0.2) is 0 Å². The molecule has 0 unspecified atom stereocenters. The van der Waals surface area contributed by atoms with Crippen molar-refractivity contribution in [1.29, 1.82) is 0 Å². The van der Waals surface area contributed by atoms with E-state index in [1.165, 1.54) is 28.2 Å². The maximum atomic E-state index is 13.6. The molecule has 0 spiro atoms. The molecule has 2 aromatic heterocycles. The molecule has 0 saturated carbocycles. The summed E-state index contributed by atoms with van der Waals surface area (Å²) in [6.07, 6.45) is -1.86. The molecule has 0 radical (unpaired) electrons. The molecule has 3 aromatic rings. The highest BCUT2D eigenvalue weighted by Gasteiger charge is 2.36. The molecule has 1 aliphatic rings. The number of rotatable bonds is 2. The molecule has 0 fully saturated rings. The largest absolute Gasteiger partial charge is 0.418 e. The fourth-order valence-corrected chi connectivity index (χ4v) is 4.81. The predicted molar refractivity (Wildman–Crippen MR) is 106 cm³/mol. The van der Waals surface area contributed by atoms with E-state index in [1.807, 2.05) is 12.1 Å². The van der Waals surface area contributed by atoms with Gasteiger partial charge >= 0.3 is 6.18 Å². The summed E-state index contributed by atoms with van der Waals surface area (Å²) < 4.78 is 43.2. The highest BCUT2D eigenvalue weighted by Crippen LogP contribution is 2.41. The average molecular weight is 477 g/mol. The van der Waals surface area contributed by atoms with Crippen molar-refractivity contribution in [3.63, 3.8) is 0 Å². The molecule has 3 nitrogen and oxygen atoms in total. The fraction of sp³-hybridized carbons (Fsp3) is 0.278. The minimum atomic E-state index is -4.53. The van der Waals surface area contributed by atoms with E-state index in [0.29, 0.717) is 12.4 Å². The van der Waals surface area contributed by atoms with Crippen molar-refractivity contribution in [1.82, 2.24) is 9.78 Å². The van der Waals surface area contributed by atoms with Crippen LogP contribution in [0.3, 0.4) is 0 Å². The first-order valence-electron chi connectivity index (χ1n) is 8.33. The molecule has 1 aromatic carbocycles. The summed E-state index contributed by atoms with van der Waals surface area (Å²) in [7, 11) is 0. The van der Waals surface area contributed by atoms with E-state index in [1.54, 1.807) is 0 Å². The Bertz CT molecular complexity index is 996. The van der Waals surface area contributed by atoms with Gasteiger partial charge in [-0.3, -0.25) is 0 Å². The molecule has 0 saturated heterocycles. The first-order chi connectivity index (χ1) is 12.8. The van der Waals surface area contributed by atoms with Gasteiger partial charge in [-0.2, -0.15) is 18.3 Å². The second-order valence-electron chi connectivity index (χ2n) is 6.23. The highest BCUT2D eigenvalue weighted by atomic mass is 79.9. The molecule has 0 aliphatic carbocycles. The summed E-state index contributed by atoms with van der Waals surface area (Å²) in [5.41, 5.74) is 0.841. The van der Waals surface area contributed by atoms with Crippen molar-refractivity contribution in [3.05, 3.63) is 50.3 Å². The van der Waals surface area contributed by atoms with Crippen LogP contribution in [0.15, 0.2) is 34.1 Å². The van der Waals surface area contributed by atoms with E-state index in [2.05, 4.69) is 26.3 Å².